The van der Waals surface area contributed by atoms with Gasteiger partial charge in [0.05, 0.1) is 13.5 Å². The molecule has 1 atom stereocenters. The van der Waals surface area contributed by atoms with E-state index in [4.69, 9.17) is 5.73 Å². The fourth-order valence-electron chi connectivity index (χ4n) is 0.891. The maximum absolute atomic E-state index is 13.3. The molecule has 0 saturated carbocycles. The Bertz CT molecular complexity index is 154. The normalized spacial score (nSPS) is 14.1. The summed E-state index contributed by atoms with van der Waals surface area (Å²) in [5.74, 6) is -0.888. The van der Waals surface area contributed by atoms with Crippen LogP contribution in [-0.2, 0) is 9.53 Å². The highest BCUT2D eigenvalue weighted by Gasteiger charge is 2.29. The minimum Gasteiger partial charge on any atom is -0.469 e. The van der Waals surface area contributed by atoms with E-state index in [1.807, 2.05) is 0 Å². The van der Waals surface area contributed by atoms with Crippen LogP contribution in [-0.4, -0.2) is 25.3 Å². The van der Waals surface area contributed by atoms with Crippen molar-refractivity contribution in [3.8, 4) is 0 Å². The van der Waals surface area contributed by atoms with Crippen molar-refractivity contribution in [2.45, 2.75) is 25.9 Å². The molecule has 0 bridgehead atoms. The predicted octanol–water partition coefficient (Wildman–Crippen LogP) is 0.872. The van der Waals surface area contributed by atoms with Gasteiger partial charge >= 0.3 is 5.97 Å². The van der Waals surface area contributed by atoms with E-state index in [1.165, 1.54) is 21.0 Å². The van der Waals surface area contributed by atoms with Gasteiger partial charge in [-0.25, -0.2) is 4.39 Å². The molecule has 3 nitrogen and oxygen atoms in total. The Morgan fingerprint density at radius 3 is 2.42 bits per heavy atom. The molecule has 0 aromatic heterocycles. The van der Waals surface area contributed by atoms with Gasteiger partial charge in [-0.1, -0.05) is 0 Å². The molecular weight excluding hydrogens is 161 g/mol. The fraction of sp³-hybridized carbons (Fsp3) is 0.875. The van der Waals surface area contributed by atoms with Crippen LogP contribution >= 0.6 is 0 Å². The quantitative estimate of drug-likeness (QED) is 0.648. The standard InChI is InChI=1S/C8H16FNO2/c1-8(2,9)6(5-10)4-7(11)12-3/h6H,4-5,10H2,1-3H3. The van der Waals surface area contributed by atoms with Gasteiger partial charge in [-0.2, -0.15) is 0 Å². The van der Waals surface area contributed by atoms with Crippen LogP contribution in [0.2, 0.25) is 0 Å². The molecule has 0 rings (SSSR count). The summed E-state index contributed by atoms with van der Waals surface area (Å²) in [7, 11) is 1.28. The van der Waals surface area contributed by atoms with Crippen molar-refractivity contribution in [3.63, 3.8) is 0 Å². The van der Waals surface area contributed by atoms with Gasteiger partial charge in [0.15, 0.2) is 0 Å². The lowest BCUT2D eigenvalue weighted by molar-refractivity contribution is -0.142. The second-order valence-corrected chi connectivity index (χ2v) is 3.28. The predicted molar refractivity (Wildman–Crippen MR) is 44.4 cm³/mol. The molecule has 12 heavy (non-hydrogen) atoms. The molecule has 0 aromatic carbocycles. The first-order valence-corrected chi connectivity index (χ1v) is 3.87. The monoisotopic (exact) mass is 177 g/mol. The summed E-state index contributed by atoms with van der Waals surface area (Å²) in [4.78, 5) is 10.8. The summed E-state index contributed by atoms with van der Waals surface area (Å²) < 4.78 is 17.7. The Morgan fingerprint density at radius 2 is 2.17 bits per heavy atom. The number of carbonyl (C=O) groups excluding carboxylic acids is 1. The summed E-state index contributed by atoms with van der Waals surface area (Å²) >= 11 is 0. The topological polar surface area (TPSA) is 52.3 Å². The van der Waals surface area contributed by atoms with Crippen molar-refractivity contribution in [3.05, 3.63) is 0 Å². The third-order valence-electron chi connectivity index (χ3n) is 1.90. The van der Waals surface area contributed by atoms with Crippen LogP contribution in [0.15, 0.2) is 0 Å². The first-order valence-electron chi connectivity index (χ1n) is 3.87. The highest BCUT2D eigenvalue weighted by Crippen LogP contribution is 2.23. The number of esters is 1. The van der Waals surface area contributed by atoms with Crippen molar-refractivity contribution in [2.75, 3.05) is 13.7 Å². The molecule has 4 heteroatoms. The molecule has 72 valence electrons. The summed E-state index contributed by atoms with van der Waals surface area (Å²) in [6.07, 6.45) is 0.0382. The van der Waals surface area contributed by atoms with Gasteiger partial charge in [0.1, 0.15) is 5.67 Å². The minimum atomic E-state index is -1.43. The average Bonchev–Trinajstić information content (AvgIpc) is 1.97. The Kier molecular flexibility index (Phi) is 4.17. The molecule has 0 aliphatic heterocycles. The van der Waals surface area contributed by atoms with Crippen molar-refractivity contribution >= 4 is 5.97 Å². The molecule has 0 radical (unpaired) electrons. The molecule has 0 amide bonds. The number of methoxy groups -OCH3 is 1. The number of nitrogens with two attached hydrogens (primary N) is 1. The largest absolute Gasteiger partial charge is 0.469 e. The number of carbonyl (C=O) groups is 1. The first kappa shape index (κ1) is 11.4. The van der Waals surface area contributed by atoms with Gasteiger partial charge in [-0.05, 0) is 20.4 Å². The van der Waals surface area contributed by atoms with Crippen molar-refractivity contribution in [1.82, 2.24) is 0 Å². The van der Waals surface area contributed by atoms with E-state index >= 15 is 0 Å². The van der Waals surface area contributed by atoms with Crippen molar-refractivity contribution in [1.29, 1.82) is 0 Å². The Hall–Kier alpha value is -0.640. The average molecular weight is 177 g/mol. The fourth-order valence-corrected chi connectivity index (χ4v) is 0.891. The molecular formula is C8H16FNO2. The van der Waals surface area contributed by atoms with Gasteiger partial charge < -0.3 is 10.5 Å². The second-order valence-electron chi connectivity index (χ2n) is 3.28. The van der Waals surface area contributed by atoms with E-state index in [0.29, 0.717) is 0 Å². The molecule has 0 aromatic rings. The van der Waals surface area contributed by atoms with Crippen LogP contribution in [0.4, 0.5) is 4.39 Å². The molecule has 2 N–H and O–H groups in total. The van der Waals surface area contributed by atoms with Crippen molar-refractivity contribution in [2.24, 2.45) is 11.7 Å². The highest BCUT2D eigenvalue weighted by atomic mass is 19.1. The number of rotatable bonds is 4. The summed E-state index contributed by atoms with van der Waals surface area (Å²) in [5.41, 5.74) is 3.89. The molecule has 0 heterocycles. The lowest BCUT2D eigenvalue weighted by Gasteiger charge is -2.24. The molecule has 0 fully saturated rings. The summed E-state index contributed by atoms with van der Waals surface area (Å²) in [6.45, 7) is 2.97. The highest BCUT2D eigenvalue weighted by molar-refractivity contribution is 5.69. The van der Waals surface area contributed by atoms with Crippen molar-refractivity contribution < 1.29 is 13.9 Å². The lowest BCUT2D eigenvalue weighted by atomic mass is 9.90. The van der Waals surface area contributed by atoms with Crippen LogP contribution < -0.4 is 5.73 Å². The van der Waals surface area contributed by atoms with E-state index in [0.717, 1.165) is 0 Å². The molecule has 0 aliphatic rings. The van der Waals surface area contributed by atoms with E-state index in [9.17, 15) is 9.18 Å². The summed E-state index contributed by atoms with van der Waals surface area (Å²) in [5, 5.41) is 0. The van der Waals surface area contributed by atoms with E-state index < -0.39 is 17.6 Å². The zero-order chi connectivity index (χ0) is 9.78. The maximum atomic E-state index is 13.3. The number of hydrogen-bond acceptors (Lipinski definition) is 3. The van der Waals surface area contributed by atoms with Gasteiger partial charge in [0.25, 0.3) is 0 Å². The minimum absolute atomic E-state index is 0.0382. The van der Waals surface area contributed by atoms with Gasteiger partial charge in [0, 0.05) is 5.92 Å². The van der Waals surface area contributed by atoms with Crippen LogP contribution in [0.1, 0.15) is 20.3 Å². The SMILES string of the molecule is COC(=O)CC(CN)C(C)(C)F. The number of halogens is 1. The molecule has 0 saturated heterocycles. The Labute approximate surface area is 72.1 Å². The van der Waals surface area contributed by atoms with Gasteiger partial charge in [0.2, 0.25) is 0 Å². The van der Waals surface area contributed by atoms with Crippen LogP contribution in [0.3, 0.4) is 0 Å². The van der Waals surface area contributed by atoms with Crippen LogP contribution in [0, 0.1) is 5.92 Å². The Morgan fingerprint density at radius 1 is 1.67 bits per heavy atom. The van der Waals surface area contributed by atoms with Gasteiger partial charge in [-0.3, -0.25) is 4.79 Å². The number of ether oxygens (including phenoxy) is 1. The third kappa shape index (κ3) is 3.67. The molecule has 0 spiro atoms. The van der Waals surface area contributed by atoms with E-state index in [-0.39, 0.29) is 13.0 Å². The maximum Gasteiger partial charge on any atom is 0.305 e. The lowest BCUT2D eigenvalue weighted by Crippen LogP contribution is -2.34. The van der Waals surface area contributed by atoms with E-state index in [1.54, 1.807) is 0 Å². The molecule has 1 unspecified atom stereocenters. The summed E-state index contributed by atoms with van der Waals surface area (Å²) in [6, 6.07) is 0. The third-order valence-corrected chi connectivity index (χ3v) is 1.90. The number of alkyl halides is 1. The zero-order valence-corrected chi connectivity index (χ0v) is 7.76. The van der Waals surface area contributed by atoms with Crippen LogP contribution in [0.25, 0.3) is 0 Å². The first-order chi connectivity index (χ1) is 5.41. The molecule has 0 aliphatic carbocycles. The Balaban J connectivity index is 4.09. The van der Waals surface area contributed by atoms with Gasteiger partial charge in [-0.15, -0.1) is 0 Å². The van der Waals surface area contributed by atoms with E-state index in [2.05, 4.69) is 4.74 Å². The number of hydrogen-bond donors (Lipinski definition) is 1. The van der Waals surface area contributed by atoms with Crippen LogP contribution in [0.5, 0.6) is 0 Å². The second kappa shape index (κ2) is 4.40. The smallest absolute Gasteiger partial charge is 0.305 e. The zero-order valence-electron chi connectivity index (χ0n) is 7.76.